The van der Waals surface area contributed by atoms with Crippen LogP contribution in [0.4, 0.5) is 0 Å². The number of nitrogens with two attached hydrogens (primary N) is 1. The maximum atomic E-state index is 5.47. The zero-order valence-electron chi connectivity index (χ0n) is 8.52. The highest BCUT2D eigenvalue weighted by Gasteiger charge is 2.02. The molecule has 1 heterocycles. The second kappa shape index (κ2) is 5.05. The molecule has 1 aromatic heterocycles. The van der Waals surface area contributed by atoms with E-state index in [2.05, 4.69) is 22.5 Å². The molecule has 3 heteroatoms. The second-order valence-electron chi connectivity index (χ2n) is 3.38. The van der Waals surface area contributed by atoms with E-state index in [1.165, 1.54) is 10.6 Å². The molecule has 1 aromatic carbocycles. The van der Waals surface area contributed by atoms with Crippen LogP contribution in [0.25, 0.3) is 11.3 Å². The van der Waals surface area contributed by atoms with E-state index in [1.807, 2.05) is 18.2 Å². The van der Waals surface area contributed by atoms with Crippen molar-refractivity contribution in [3.63, 3.8) is 0 Å². The molecule has 0 radical (unpaired) electrons. The van der Waals surface area contributed by atoms with Crippen molar-refractivity contribution in [3.8, 4) is 11.3 Å². The lowest BCUT2D eigenvalue weighted by Crippen LogP contribution is -1.99. The molecule has 2 aromatic rings. The van der Waals surface area contributed by atoms with Gasteiger partial charge in [0.25, 0.3) is 0 Å². The number of aromatic nitrogens is 1. The number of aryl methyl sites for hydroxylation is 1. The Labute approximate surface area is 93.8 Å². The Morgan fingerprint density at radius 3 is 2.73 bits per heavy atom. The number of hydrogen-bond donors (Lipinski definition) is 1. The van der Waals surface area contributed by atoms with Crippen LogP contribution in [-0.2, 0) is 6.42 Å². The highest BCUT2D eigenvalue weighted by atomic mass is 32.1. The van der Waals surface area contributed by atoms with E-state index in [-0.39, 0.29) is 0 Å². The lowest BCUT2D eigenvalue weighted by atomic mass is 10.2. The largest absolute Gasteiger partial charge is 0.330 e. The predicted molar refractivity (Wildman–Crippen MR) is 64.9 cm³/mol. The summed E-state index contributed by atoms with van der Waals surface area (Å²) in [5, 5.41) is 3.29. The molecule has 2 N–H and O–H groups in total. The summed E-state index contributed by atoms with van der Waals surface area (Å²) >= 11 is 1.72. The van der Waals surface area contributed by atoms with Crippen LogP contribution in [0.3, 0.4) is 0 Å². The average Bonchev–Trinajstić information content (AvgIpc) is 2.76. The van der Waals surface area contributed by atoms with Gasteiger partial charge < -0.3 is 5.73 Å². The van der Waals surface area contributed by atoms with Crippen molar-refractivity contribution >= 4 is 11.3 Å². The van der Waals surface area contributed by atoms with Crippen LogP contribution >= 0.6 is 11.3 Å². The molecule has 0 atom stereocenters. The molecule has 2 nitrogen and oxygen atoms in total. The molecular formula is C12H14N2S. The van der Waals surface area contributed by atoms with Gasteiger partial charge in [-0.15, -0.1) is 11.3 Å². The molecule has 0 aliphatic rings. The van der Waals surface area contributed by atoms with Crippen LogP contribution in [0.1, 0.15) is 11.4 Å². The lowest BCUT2D eigenvalue weighted by Gasteiger charge is -1.94. The van der Waals surface area contributed by atoms with Crippen molar-refractivity contribution in [1.82, 2.24) is 4.98 Å². The van der Waals surface area contributed by atoms with Gasteiger partial charge in [-0.25, -0.2) is 4.98 Å². The van der Waals surface area contributed by atoms with Gasteiger partial charge >= 0.3 is 0 Å². The molecular weight excluding hydrogens is 204 g/mol. The van der Waals surface area contributed by atoms with E-state index in [1.54, 1.807) is 11.3 Å². The van der Waals surface area contributed by atoms with Gasteiger partial charge in [0.15, 0.2) is 0 Å². The van der Waals surface area contributed by atoms with Gasteiger partial charge in [-0.2, -0.15) is 0 Å². The number of rotatable bonds is 4. The summed E-state index contributed by atoms with van der Waals surface area (Å²) in [5.74, 6) is 0. The first kappa shape index (κ1) is 10.3. The summed E-state index contributed by atoms with van der Waals surface area (Å²) in [4.78, 5) is 4.58. The lowest BCUT2D eigenvalue weighted by molar-refractivity contribution is 0.827. The number of hydrogen-bond acceptors (Lipinski definition) is 3. The van der Waals surface area contributed by atoms with E-state index in [0.717, 1.165) is 25.1 Å². The van der Waals surface area contributed by atoms with Crippen LogP contribution in [0.5, 0.6) is 0 Å². The molecule has 0 saturated carbocycles. The van der Waals surface area contributed by atoms with Gasteiger partial charge in [-0.3, -0.25) is 0 Å². The third-order valence-corrected chi connectivity index (χ3v) is 3.12. The minimum absolute atomic E-state index is 0.736. The van der Waals surface area contributed by atoms with Gasteiger partial charge in [0.05, 0.1) is 10.7 Å². The first-order chi connectivity index (χ1) is 7.40. The molecule has 78 valence electrons. The van der Waals surface area contributed by atoms with Gasteiger partial charge in [0.1, 0.15) is 0 Å². The third kappa shape index (κ3) is 2.64. The summed E-state index contributed by atoms with van der Waals surface area (Å²) in [5.41, 5.74) is 7.74. The number of nitrogens with zero attached hydrogens (tertiary/aromatic N) is 1. The molecule has 15 heavy (non-hydrogen) atoms. The minimum Gasteiger partial charge on any atom is -0.330 e. The molecule has 0 amide bonds. The number of benzene rings is 1. The van der Waals surface area contributed by atoms with Gasteiger partial charge in [-0.05, 0) is 13.0 Å². The zero-order valence-corrected chi connectivity index (χ0v) is 9.33. The van der Waals surface area contributed by atoms with E-state index in [9.17, 15) is 0 Å². The fraction of sp³-hybridized carbons (Fsp3) is 0.250. The topological polar surface area (TPSA) is 38.9 Å². The fourth-order valence-corrected chi connectivity index (χ4v) is 2.27. The van der Waals surface area contributed by atoms with E-state index < -0.39 is 0 Å². The fourth-order valence-electron chi connectivity index (χ4n) is 1.42. The van der Waals surface area contributed by atoms with E-state index in [0.29, 0.717) is 0 Å². The zero-order chi connectivity index (χ0) is 10.5. The Balaban J connectivity index is 2.14. The molecule has 0 bridgehead atoms. The Hall–Kier alpha value is -1.19. The summed E-state index contributed by atoms with van der Waals surface area (Å²) < 4.78 is 0. The SMILES string of the molecule is NCCCc1nc(-c2ccccc2)cs1. The van der Waals surface area contributed by atoms with Crippen molar-refractivity contribution in [3.05, 3.63) is 40.7 Å². The maximum Gasteiger partial charge on any atom is 0.0933 e. The predicted octanol–water partition coefficient (Wildman–Crippen LogP) is 2.70. The smallest absolute Gasteiger partial charge is 0.0933 e. The first-order valence-electron chi connectivity index (χ1n) is 5.10. The van der Waals surface area contributed by atoms with Gasteiger partial charge in [0, 0.05) is 17.4 Å². The highest BCUT2D eigenvalue weighted by molar-refractivity contribution is 7.09. The minimum atomic E-state index is 0.736. The molecule has 0 saturated heterocycles. The van der Waals surface area contributed by atoms with E-state index >= 15 is 0 Å². The van der Waals surface area contributed by atoms with Crippen LogP contribution < -0.4 is 5.73 Å². The Kier molecular flexibility index (Phi) is 3.48. The van der Waals surface area contributed by atoms with Crippen LogP contribution in [0.2, 0.25) is 0 Å². The van der Waals surface area contributed by atoms with E-state index in [4.69, 9.17) is 5.73 Å². The summed E-state index contributed by atoms with van der Waals surface area (Å²) in [6.07, 6.45) is 2.01. The van der Waals surface area contributed by atoms with Crippen molar-refractivity contribution in [1.29, 1.82) is 0 Å². The summed E-state index contributed by atoms with van der Waals surface area (Å²) in [6, 6.07) is 10.3. The van der Waals surface area contributed by atoms with Crippen LogP contribution in [0.15, 0.2) is 35.7 Å². The Morgan fingerprint density at radius 2 is 2.00 bits per heavy atom. The second-order valence-corrected chi connectivity index (χ2v) is 4.33. The van der Waals surface area contributed by atoms with Gasteiger partial charge in [-0.1, -0.05) is 30.3 Å². The van der Waals surface area contributed by atoms with Crippen LogP contribution in [-0.4, -0.2) is 11.5 Å². The van der Waals surface area contributed by atoms with Crippen molar-refractivity contribution in [2.45, 2.75) is 12.8 Å². The van der Waals surface area contributed by atoms with Crippen molar-refractivity contribution in [2.24, 2.45) is 5.73 Å². The molecule has 0 aliphatic carbocycles. The highest BCUT2D eigenvalue weighted by Crippen LogP contribution is 2.21. The summed E-state index contributed by atoms with van der Waals surface area (Å²) in [7, 11) is 0. The Bertz CT molecular complexity index is 409. The molecule has 0 spiro atoms. The average molecular weight is 218 g/mol. The standard InChI is InChI=1S/C12H14N2S/c13-8-4-7-12-14-11(9-15-12)10-5-2-1-3-6-10/h1-3,5-6,9H,4,7-8,13H2. The maximum absolute atomic E-state index is 5.47. The molecule has 0 unspecified atom stereocenters. The Morgan fingerprint density at radius 1 is 1.20 bits per heavy atom. The normalized spacial score (nSPS) is 10.5. The third-order valence-electron chi connectivity index (χ3n) is 2.22. The quantitative estimate of drug-likeness (QED) is 0.857. The van der Waals surface area contributed by atoms with Crippen LogP contribution in [0, 0.1) is 0 Å². The number of thiazole rings is 1. The first-order valence-corrected chi connectivity index (χ1v) is 5.98. The van der Waals surface area contributed by atoms with Crippen molar-refractivity contribution in [2.75, 3.05) is 6.54 Å². The summed E-state index contributed by atoms with van der Waals surface area (Å²) in [6.45, 7) is 0.736. The molecule has 2 rings (SSSR count). The van der Waals surface area contributed by atoms with Gasteiger partial charge in [0.2, 0.25) is 0 Å². The monoisotopic (exact) mass is 218 g/mol. The van der Waals surface area contributed by atoms with Crippen molar-refractivity contribution < 1.29 is 0 Å². The molecule has 0 aliphatic heterocycles. The molecule has 0 fully saturated rings.